The van der Waals surface area contributed by atoms with E-state index in [4.69, 9.17) is 0 Å². The van der Waals surface area contributed by atoms with Crippen LogP contribution < -0.4 is 0 Å². The van der Waals surface area contributed by atoms with Gasteiger partial charge in [0, 0.05) is 31.4 Å². The van der Waals surface area contributed by atoms with E-state index in [9.17, 15) is 5.11 Å². The number of aliphatic hydroxyl groups is 1. The van der Waals surface area contributed by atoms with Crippen LogP contribution in [0.5, 0.6) is 0 Å². The molecule has 0 saturated heterocycles. The van der Waals surface area contributed by atoms with Crippen molar-refractivity contribution in [3.8, 4) is 0 Å². The molecule has 18 heavy (non-hydrogen) atoms. The quantitative estimate of drug-likeness (QED) is 0.890. The summed E-state index contributed by atoms with van der Waals surface area (Å²) in [6, 6.07) is 0.258. The molecule has 2 atom stereocenters. The minimum atomic E-state index is -0.243. The van der Waals surface area contributed by atoms with E-state index in [0.717, 1.165) is 19.4 Å². The zero-order chi connectivity index (χ0) is 13.3. The van der Waals surface area contributed by atoms with Crippen LogP contribution in [0.15, 0.2) is 12.4 Å². The predicted octanol–water partition coefficient (Wildman–Crippen LogP) is 1.79. The summed E-state index contributed by atoms with van der Waals surface area (Å²) in [5.74, 6) is 0. The highest BCUT2D eigenvalue weighted by Crippen LogP contribution is 2.37. The summed E-state index contributed by atoms with van der Waals surface area (Å²) in [5, 5.41) is 14.7. The van der Waals surface area contributed by atoms with E-state index in [1.54, 1.807) is 0 Å². The third kappa shape index (κ3) is 2.75. The fourth-order valence-corrected chi connectivity index (χ4v) is 3.01. The van der Waals surface area contributed by atoms with Crippen LogP contribution in [0.2, 0.25) is 0 Å². The molecule has 0 bridgehead atoms. The molecule has 2 unspecified atom stereocenters. The number of aryl methyl sites for hydroxylation is 1. The van der Waals surface area contributed by atoms with Crippen molar-refractivity contribution in [2.75, 3.05) is 7.05 Å². The first-order valence-electron chi connectivity index (χ1n) is 6.76. The molecule has 4 heteroatoms. The molecule has 1 aliphatic rings. The van der Waals surface area contributed by atoms with Crippen molar-refractivity contribution >= 4 is 0 Å². The van der Waals surface area contributed by atoms with Gasteiger partial charge < -0.3 is 5.11 Å². The van der Waals surface area contributed by atoms with Crippen molar-refractivity contribution in [1.29, 1.82) is 0 Å². The van der Waals surface area contributed by atoms with Crippen LogP contribution in [-0.2, 0) is 13.6 Å². The van der Waals surface area contributed by atoms with E-state index < -0.39 is 0 Å². The van der Waals surface area contributed by atoms with Crippen LogP contribution in [0.4, 0.5) is 0 Å². The molecule has 1 saturated carbocycles. The Labute approximate surface area is 110 Å². The zero-order valence-corrected chi connectivity index (χ0v) is 11.9. The summed E-state index contributed by atoms with van der Waals surface area (Å²) in [5.41, 5.74) is 1.24. The summed E-state index contributed by atoms with van der Waals surface area (Å²) >= 11 is 0. The zero-order valence-electron chi connectivity index (χ0n) is 11.9. The maximum atomic E-state index is 10.5. The van der Waals surface area contributed by atoms with Gasteiger partial charge in [-0.1, -0.05) is 20.3 Å². The van der Waals surface area contributed by atoms with Gasteiger partial charge in [-0.25, -0.2) is 0 Å². The standard InChI is InChI=1S/C14H25N3O/c1-14(2)7-5-6-12(13(14)18)16(3)9-11-8-15-17(4)10-11/h8,10,12-13,18H,5-7,9H2,1-4H3. The molecule has 4 nitrogen and oxygen atoms in total. The molecule has 102 valence electrons. The van der Waals surface area contributed by atoms with E-state index in [-0.39, 0.29) is 17.6 Å². The number of likely N-dealkylation sites (N-methyl/N-ethyl adjacent to an activating group) is 1. The molecule has 0 spiro atoms. The van der Waals surface area contributed by atoms with Gasteiger partial charge in [0.1, 0.15) is 0 Å². The monoisotopic (exact) mass is 251 g/mol. The average molecular weight is 251 g/mol. The van der Waals surface area contributed by atoms with Gasteiger partial charge in [0.15, 0.2) is 0 Å². The fourth-order valence-electron chi connectivity index (χ4n) is 3.01. The molecular formula is C14H25N3O. The molecule has 1 fully saturated rings. The molecule has 2 rings (SSSR count). The Balaban J connectivity index is 2.02. The highest BCUT2D eigenvalue weighted by molar-refractivity contribution is 5.04. The third-order valence-corrected chi connectivity index (χ3v) is 4.24. The Hall–Kier alpha value is -0.870. The van der Waals surface area contributed by atoms with Crippen molar-refractivity contribution in [3.05, 3.63) is 18.0 Å². The number of aliphatic hydroxyl groups excluding tert-OH is 1. The molecule has 0 aliphatic heterocycles. The van der Waals surface area contributed by atoms with Crippen molar-refractivity contribution in [1.82, 2.24) is 14.7 Å². The minimum absolute atomic E-state index is 0.0338. The van der Waals surface area contributed by atoms with Gasteiger partial charge in [-0.05, 0) is 25.3 Å². The summed E-state index contributed by atoms with van der Waals surface area (Å²) in [4.78, 5) is 2.27. The highest BCUT2D eigenvalue weighted by atomic mass is 16.3. The topological polar surface area (TPSA) is 41.3 Å². The predicted molar refractivity (Wildman–Crippen MR) is 72.1 cm³/mol. The van der Waals surface area contributed by atoms with Crippen LogP contribution in [0.1, 0.15) is 38.7 Å². The van der Waals surface area contributed by atoms with Gasteiger partial charge >= 0.3 is 0 Å². The maximum Gasteiger partial charge on any atom is 0.0746 e. The van der Waals surface area contributed by atoms with Gasteiger partial charge in [-0.2, -0.15) is 5.10 Å². The largest absolute Gasteiger partial charge is 0.391 e. The molecule has 0 amide bonds. The number of aromatic nitrogens is 2. The molecule has 0 radical (unpaired) electrons. The highest BCUT2D eigenvalue weighted by Gasteiger charge is 2.39. The van der Waals surface area contributed by atoms with Gasteiger partial charge in [0.05, 0.1) is 12.3 Å². The normalized spacial score (nSPS) is 27.7. The second-order valence-electron chi connectivity index (χ2n) is 6.33. The SMILES string of the molecule is CN(Cc1cnn(C)c1)C1CCCC(C)(C)C1O. The number of nitrogens with zero attached hydrogens (tertiary/aromatic N) is 3. The molecule has 0 aromatic carbocycles. The molecule has 1 heterocycles. The number of rotatable bonds is 3. The van der Waals surface area contributed by atoms with Gasteiger partial charge in [0.25, 0.3) is 0 Å². The number of hydrogen-bond donors (Lipinski definition) is 1. The van der Waals surface area contributed by atoms with E-state index in [2.05, 4.69) is 30.9 Å². The van der Waals surface area contributed by atoms with Crippen LogP contribution >= 0.6 is 0 Å². The van der Waals surface area contributed by atoms with Crippen molar-refractivity contribution in [3.63, 3.8) is 0 Å². The Bertz CT molecular complexity index is 399. The number of hydrogen-bond acceptors (Lipinski definition) is 3. The van der Waals surface area contributed by atoms with Gasteiger partial charge in [-0.15, -0.1) is 0 Å². The first kappa shape index (κ1) is 13.6. The first-order valence-corrected chi connectivity index (χ1v) is 6.76. The smallest absolute Gasteiger partial charge is 0.0746 e. The fraction of sp³-hybridized carbons (Fsp3) is 0.786. The van der Waals surface area contributed by atoms with Crippen molar-refractivity contribution in [2.24, 2.45) is 12.5 Å². The molecule has 1 N–H and O–H groups in total. The molecular weight excluding hydrogens is 226 g/mol. The minimum Gasteiger partial charge on any atom is -0.391 e. The average Bonchev–Trinajstić information content (AvgIpc) is 2.68. The maximum absolute atomic E-state index is 10.5. The second kappa shape index (κ2) is 5.02. The third-order valence-electron chi connectivity index (χ3n) is 4.24. The Morgan fingerprint density at radius 1 is 1.56 bits per heavy atom. The lowest BCUT2D eigenvalue weighted by Crippen LogP contribution is -2.50. The molecule has 1 aliphatic carbocycles. The lowest BCUT2D eigenvalue weighted by atomic mass is 9.72. The lowest BCUT2D eigenvalue weighted by Gasteiger charge is -2.44. The van der Waals surface area contributed by atoms with Crippen LogP contribution in [0, 0.1) is 5.41 Å². The van der Waals surface area contributed by atoms with Crippen LogP contribution in [-0.4, -0.2) is 39.0 Å². The van der Waals surface area contributed by atoms with Crippen LogP contribution in [0.25, 0.3) is 0 Å². The summed E-state index contributed by atoms with van der Waals surface area (Å²) in [6.45, 7) is 5.19. The van der Waals surface area contributed by atoms with Gasteiger partial charge in [0.2, 0.25) is 0 Å². The Morgan fingerprint density at radius 3 is 2.89 bits per heavy atom. The summed E-state index contributed by atoms with van der Waals surface area (Å²) in [7, 11) is 4.03. The Kier molecular flexibility index (Phi) is 3.78. The Morgan fingerprint density at radius 2 is 2.28 bits per heavy atom. The van der Waals surface area contributed by atoms with E-state index in [1.807, 2.05) is 24.1 Å². The first-order chi connectivity index (χ1) is 8.40. The molecule has 1 aromatic heterocycles. The van der Waals surface area contributed by atoms with Crippen LogP contribution in [0.3, 0.4) is 0 Å². The lowest BCUT2D eigenvalue weighted by molar-refractivity contribution is -0.0524. The van der Waals surface area contributed by atoms with Gasteiger partial charge in [-0.3, -0.25) is 9.58 Å². The second-order valence-corrected chi connectivity index (χ2v) is 6.33. The van der Waals surface area contributed by atoms with E-state index in [0.29, 0.717) is 0 Å². The van der Waals surface area contributed by atoms with Crippen molar-refractivity contribution in [2.45, 2.75) is 51.8 Å². The molecule has 1 aromatic rings. The summed E-state index contributed by atoms with van der Waals surface area (Å²) < 4.78 is 1.82. The van der Waals surface area contributed by atoms with E-state index in [1.165, 1.54) is 12.0 Å². The summed E-state index contributed by atoms with van der Waals surface area (Å²) in [6.07, 6.45) is 7.10. The van der Waals surface area contributed by atoms with E-state index >= 15 is 0 Å². The van der Waals surface area contributed by atoms with Crippen molar-refractivity contribution < 1.29 is 5.11 Å².